The van der Waals surface area contributed by atoms with Crippen LogP contribution in [0.5, 0.6) is 0 Å². The van der Waals surface area contributed by atoms with Gasteiger partial charge in [0.15, 0.2) is 0 Å². The van der Waals surface area contributed by atoms with Crippen molar-refractivity contribution in [3.05, 3.63) is 0 Å². The molecular formula is C14H30N2O. The predicted molar refractivity (Wildman–Crippen MR) is 73.4 cm³/mol. The summed E-state index contributed by atoms with van der Waals surface area (Å²) in [5, 5.41) is 3.60. The van der Waals surface area contributed by atoms with E-state index in [1.807, 2.05) is 0 Å². The van der Waals surface area contributed by atoms with E-state index in [2.05, 4.69) is 44.8 Å². The zero-order chi connectivity index (χ0) is 12.9. The molecule has 1 saturated heterocycles. The second kappa shape index (κ2) is 6.17. The zero-order valence-electron chi connectivity index (χ0n) is 12.3. The minimum absolute atomic E-state index is 0.238. The third-order valence-electron chi connectivity index (χ3n) is 3.48. The van der Waals surface area contributed by atoms with Gasteiger partial charge in [0.25, 0.3) is 0 Å². The van der Waals surface area contributed by atoms with E-state index in [4.69, 9.17) is 4.74 Å². The number of hydrogen-bond donors (Lipinski definition) is 1. The summed E-state index contributed by atoms with van der Waals surface area (Å²) in [4.78, 5) is 2.53. The predicted octanol–water partition coefficient (Wildman–Crippen LogP) is 2.12. The molecule has 1 N–H and O–H groups in total. The van der Waals surface area contributed by atoms with Crippen LogP contribution >= 0.6 is 0 Å². The Hall–Kier alpha value is -0.120. The van der Waals surface area contributed by atoms with Gasteiger partial charge in [-0.1, -0.05) is 20.8 Å². The summed E-state index contributed by atoms with van der Waals surface area (Å²) in [5.41, 5.74) is 0.664. The summed E-state index contributed by atoms with van der Waals surface area (Å²) in [7, 11) is 0. The Morgan fingerprint density at radius 3 is 2.18 bits per heavy atom. The first-order valence-corrected chi connectivity index (χ1v) is 6.85. The summed E-state index contributed by atoms with van der Waals surface area (Å²) in [5.74, 6) is 0. The number of morpholine rings is 1. The standard InChI is InChI=1S/C14H30N2O/c1-13(2,3)6-7-15-12-14(4,5)16-8-10-17-11-9-16/h15H,6-12H2,1-5H3. The van der Waals surface area contributed by atoms with Crippen LogP contribution in [0.1, 0.15) is 41.0 Å². The first kappa shape index (κ1) is 14.9. The van der Waals surface area contributed by atoms with E-state index in [0.29, 0.717) is 5.41 Å². The molecule has 3 heteroatoms. The van der Waals surface area contributed by atoms with Crippen molar-refractivity contribution >= 4 is 0 Å². The molecule has 0 aromatic rings. The Labute approximate surface area is 107 Å². The third-order valence-corrected chi connectivity index (χ3v) is 3.48. The average Bonchev–Trinajstić information content (AvgIpc) is 2.25. The van der Waals surface area contributed by atoms with Crippen LogP contribution in [0.2, 0.25) is 0 Å². The van der Waals surface area contributed by atoms with E-state index in [-0.39, 0.29) is 5.54 Å². The Bertz CT molecular complexity index is 215. The van der Waals surface area contributed by atoms with Gasteiger partial charge in [-0.05, 0) is 32.2 Å². The quantitative estimate of drug-likeness (QED) is 0.747. The smallest absolute Gasteiger partial charge is 0.0594 e. The lowest BCUT2D eigenvalue weighted by atomic mass is 9.92. The molecule has 0 unspecified atom stereocenters. The Morgan fingerprint density at radius 2 is 1.65 bits per heavy atom. The fourth-order valence-corrected chi connectivity index (χ4v) is 2.14. The fraction of sp³-hybridized carbons (Fsp3) is 1.00. The topological polar surface area (TPSA) is 24.5 Å². The molecule has 102 valence electrons. The largest absolute Gasteiger partial charge is 0.379 e. The molecule has 0 atom stereocenters. The molecule has 0 bridgehead atoms. The van der Waals surface area contributed by atoms with Crippen LogP contribution in [-0.4, -0.2) is 49.8 Å². The lowest BCUT2D eigenvalue weighted by Crippen LogP contribution is -2.54. The van der Waals surface area contributed by atoms with Crippen molar-refractivity contribution in [2.45, 2.75) is 46.6 Å². The lowest BCUT2D eigenvalue weighted by molar-refractivity contribution is -0.00966. The summed E-state index contributed by atoms with van der Waals surface area (Å²) in [6, 6.07) is 0. The number of hydrogen-bond acceptors (Lipinski definition) is 3. The van der Waals surface area contributed by atoms with Crippen molar-refractivity contribution < 1.29 is 4.74 Å². The minimum Gasteiger partial charge on any atom is -0.379 e. The van der Waals surface area contributed by atoms with Crippen molar-refractivity contribution in [3.63, 3.8) is 0 Å². The highest BCUT2D eigenvalue weighted by Gasteiger charge is 2.27. The molecule has 0 amide bonds. The second-order valence-electron chi connectivity index (χ2n) is 6.90. The molecule has 0 aromatic heterocycles. The van der Waals surface area contributed by atoms with Crippen molar-refractivity contribution in [2.75, 3.05) is 39.4 Å². The molecule has 0 saturated carbocycles. The van der Waals surface area contributed by atoms with Crippen molar-refractivity contribution in [1.29, 1.82) is 0 Å². The molecule has 1 rings (SSSR count). The van der Waals surface area contributed by atoms with Gasteiger partial charge in [-0.25, -0.2) is 0 Å². The highest BCUT2D eigenvalue weighted by atomic mass is 16.5. The maximum atomic E-state index is 5.40. The maximum absolute atomic E-state index is 5.40. The van der Waals surface area contributed by atoms with Crippen LogP contribution in [0, 0.1) is 5.41 Å². The monoisotopic (exact) mass is 242 g/mol. The second-order valence-corrected chi connectivity index (χ2v) is 6.90. The van der Waals surface area contributed by atoms with Gasteiger partial charge in [-0.15, -0.1) is 0 Å². The van der Waals surface area contributed by atoms with Crippen molar-refractivity contribution in [2.24, 2.45) is 5.41 Å². The number of ether oxygens (including phenoxy) is 1. The van der Waals surface area contributed by atoms with Crippen LogP contribution in [0.15, 0.2) is 0 Å². The Balaban J connectivity index is 2.24. The van der Waals surface area contributed by atoms with Crippen LogP contribution in [-0.2, 0) is 4.74 Å². The summed E-state index contributed by atoms with van der Waals surface area (Å²) in [6.07, 6.45) is 1.23. The molecule has 0 spiro atoms. The van der Waals surface area contributed by atoms with Crippen molar-refractivity contribution in [1.82, 2.24) is 10.2 Å². The normalized spacial score (nSPS) is 19.6. The molecule has 3 nitrogen and oxygen atoms in total. The van der Waals surface area contributed by atoms with Gasteiger partial charge in [0.2, 0.25) is 0 Å². The summed E-state index contributed by atoms with van der Waals surface area (Å²) < 4.78 is 5.40. The van der Waals surface area contributed by atoms with E-state index >= 15 is 0 Å². The van der Waals surface area contributed by atoms with E-state index in [1.165, 1.54) is 6.42 Å². The van der Waals surface area contributed by atoms with Gasteiger partial charge in [0.1, 0.15) is 0 Å². The van der Waals surface area contributed by atoms with Gasteiger partial charge < -0.3 is 10.1 Å². The Morgan fingerprint density at radius 1 is 1.06 bits per heavy atom. The van der Waals surface area contributed by atoms with Gasteiger partial charge in [-0.3, -0.25) is 4.90 Å². The molecule has 0 radical (unpaired) electrons. The molecule has 1 aliphatic rings. The highest BCUT2D eigenvalue weighted by molar-refractivity contribution is 4.85. The molecular weight excluding hydrogens is 212 g/mol. The maximum Gasteiger partial charge on any atom is 0.0594 e. The molecule has 1 aliphatic heterocycles. The lowest BCUT2D eigenvalue weighted by Gasteiger charge is -2.41. The summed E-state index contributed by atoms with van der Waals surface area (Å²) >= 11 is 0. The average molecular weight is 242 g/mol. The molecule has 0 aliphatic carbocycles. The van der Waals surface area contributed by atoms with Crippen molar-refractivity contribution in [3.8, 4) is 0 Å². The van der Waals surface area contributed by atoms with Crippen LogP contribution in [0.3, 0.4) is 0 Å². The van der Waals surface area contributed by atoms with E-state index in [0.717, 1.165) is 39.4 Å². The van der Waals surface area contributed by atoms with Crippen LogP contribution < -0.4 is 5.32 Å². The fourth-order valence-electron chi connectivity index (χ4n) is 2.14. The van der Waals surface area contributed by atoms with E-state index < -0.39 is 0 Å². The third kappa shape index (κ3) is 5.84. The summed E-state index contributed by atoms with van der Waals surface area (Å²) in [6.45, 7) is 17.6. The highest BCUT2D eigenvalue weighted by Crippen LogP contribution is 2.18. The SMILES string of the molecule is CC(C)(C)CCNCC(C)(C)N1CCOCC1. The molecule has 0 aromatic carbocycles. The first-order chi connectivity index (χ1) is 7.81. The first-order valence-electron chi connectivity index (χ1n) is 6.85. The minimum atomic E-state index is 0.238. The Kier molecular flexibility index (Phi) is 5.42. The van der Waals surface area contributed by atoms with Gasteiger partial charge >= 0.3 is 0 Å². The number of nitrogens with one attached hydrogen (secondary N) is 1. The molecule has 17 heavy (non-hydrogen) atoms. The molecule has 1 fully saturated rings. The van der Waals surface area contributed by atoms with E-state index in [9.17, 15) is 0 Å². The van der Waals surface area contributed by atoms with E-state index in [1.54, 1.807) is 0 Å². The van der Waals surface area contributed by atoms with Gasteiger partial charge in [0.05, 0.1) is 13.2 Å². The van der Waals surface area contributed by atoms with Gasteiger partial charge in [0, 0.05) is 25.2 Å². The van der Waals surface area contributed by atoms with Crippen LogP contribution in [0.25, 0.3) is 0 Å². The van der Waals surface area contributed by atoms with Gasteiger partial charge in [-0.2, -0.15) is 0 Å². The van der Waals surface area contributed by atoms with Crippen LogP contribution in [0.4, 0.5) is 0 Å². The zero-order valence-corrected chi connectivity index (χ0v) is 12.3. The number of rotatable bonds is 5. The molecule has 1 heterocycles. The number of nitrogens with zero attached hydrogens (tertiary/aromatic N) is 1.